The van der Waals surface area contributed by atoms with Gasteiger partial charge < -0.3 is 9.84 Å². The SMILES string of the molecule is CC1CN(S(=O)(=O)c2cccc(C(C)O)c2)C(C)CO1. The van der Waals surface area contributed by atoms with Crippen molar-refractivity contribution in [3.8, 4) is 0 Å². The van der Waals surface area contributed by atoms with Crippen LogP contribution in [0.1, 0.15) is 32.4 Å². The maximum absolute atomic E-state index is 12.7. The number of sulfonamides is 1. The lowest BCUT2D eigenvalue weighted by Crippen LogP contribution is -2.50. The Labute approximate surface area is 120 Å². The minimum atomic E-state index is -3.56. The van der Waals surface area contributed by atoms with Crippen molar-refractivity contribution in [2.45, 2.75) is 43.9 Å². The van der Waals surface area contributed by atoms with E-state index in [9.17, 15) is 13.5 Å². The van der Waals surface area contributed by atoms with Gasteiger partial charge >= 0.3 is 0 Å². The number of hydrogen-bond donors (Lipinski definition) is 1. The summed E-state index contributed by atoms with van der Waals surface area (Å²) in [6, 6.07) is 6.28. The van der Waals surface area contributed by atoms with Crippen LogP contribution in [0.5, 0.6) is 0 Å². The summed E-state index contributed by atoms with van der Waals surface area (Å²) in [6.45, 7) is 6.06. The first-order valence-corrected chi connectivity index (χ1v) is 8.18. The van der Waals surface area contributed by atoms with Gasteiger partial charge in [0.25, 0.3) is 0 Å². The zero-order valence-corrected chi connectivity index (χ0v) is 12.8. The standard InChI is InChI=1S/C14H21NO4S/c1-10-9-19-11(2)8-15(10)20(17,18)14-6-4-5-13(7-14)12(3)16/h4-7,10-12,16H,8-9H2,1-3H3. The summed E-state index contributed by atoms with van der Waals surface area (Å²) in [5.41, 5.74) is 0.597. The van der Waals surface area contributed by atoms with Gasteiger partial charge in [-0.1, -0.05) is 12.1 Å². The van der Waals surface area contributed by atoms with Gasteiger partial charge in [0.2, 0.25) is 10.0 Å². The molecule has 1 aromatic rings. The van der Waals surface area contributed by atoms with Gasteiger partial charge in [-0.25, -0.2) is 8.42 Å². The molecule has 0 amide bonds. The van der Waals surface area contributed by atoms with Crippen LogP contribution >= 0.6 is 0 Å². The largest absolute Gasteiger partial charge is 0.389 e. The van der Waals surface area contributed by atoms with Crippen molar-refractivity contribution in [3.05, 3.63) is 29.8 Å². The number of hydrogen-bond acceptors (Lipinski definition) is 4. The summed E-state index contributed by atoms with van der Waals surface area (Å²) < 4.78 is 32.4. The predicted octanol–water partition coefficient (Wildman–Crippen LogP) is 1.54. The van der Waals surface area contributed by atoms with Crippen molar-refractivity contribution >= 4 is 10.0 Å². The molecular weight excluding hydrogens is 278 g/mol. The van der Waals surface area contributed by atoms with Gasteiger partial charge in [0.15, 0.2) is 0 Å². The van der Waals surface area contributed by atoms with Crippen LogP contribution in [0, 0.1) is 0 Å². The van der Waals surface area contributed by atoms with Gasteiger partial charge in [-0.05, 0) is 38.5 Å². The first kappa shape index (κ1) is 15.4. The number of aliphatic hydroxyl groups excluding tert-OH is 1. The smallest absolute Gasteiger partial charge is 0.243 e. The summed E-state index contributed by atoms with van der Waals surface area (Å²) in [7, 11) is -3.56. The van der Waals surface area contributed by atoms with E-state index in [1.165, 1.54) is 10.4 Å². The van der Waals surface area contributed by atoms with E-state index in [2.05, 4.69) is 0 Å². The van der Waals surface area contributed by atoms with Gasteiger partial charge in [0.1, 0.15) is 0 Å². The van der Waals surface area contributed by atoms with Crippen LogP contribution < -0.4 is 0 Å². The van der Waals surface area contributed by atoms with Gasteiger partial charge in [0.05, 0.1) is 23.7 Å². The molecule has 1 saturated heterocycles. The first-order chi connectivity index (χ1) is 9.32. The molecule has 1 N–H and O–H groups in total. The van der Waals surface area contributed by atoms with Crippen molar-refractivity contribution < 1.29 is 18.3 Å². The number of ether oxygens (including phenoxy) is 1. The van der Waals surface area contributed by atoms with Gasteiger partial charge in [0, 0.05) is 12.6 Å². The number of benzene rings is 1. The normalized spacial score (nSPS) is 26.4. The summed E-state index contributed by atoms with van der Waals surface area (Å²) in [5, 5.41) is 9.59. The Bertz CT molecular complexity index is 570. The van der Waals surface area contributed by atoms with E-state index < -0.39 is 16.1 Å². The number of nitrogens with zero attached hydrogens (tertiary/aromatic N) is 1. The Morgan fingerprint density at radius 3 is 2.75 bits per heavy atom. The predicted molar refractivity (Wildman–Crippen MR) is 75.8 cm³/mol. The van der Waals surface area contributed by atoms with Gasteiger partial charge in [-0.2, -0.15) is 4.31 Å². The molecule has 3 unspecified atom stereocenters. The van der Waals surface area contributed by atoms with Crippen molar-refractivity contribution in [1.29, 1.82) is 0 Å². The molecule has 0 aromatic heterocycles. The Morgan fingerprint density at radius 2 is 2.10 bits per heavy atom. The topological polar surface area (TPSA) is 66.8 Å². The molecule has 1 fully saturated rings. The van der Waals surface area contributed by atoms with E-state index in [1.54, 1.807) is 25.1 Å². The summed E-state index contributed by atoms with van der Waals surface area (Å²) in [5.74, 6) is 0. The third-order valence-electron chi connectivity index (χ3n) is 3.50. The molecule has 0 radical (unpaired) electrons. The highest BCUT2D eigenvalue weighted by Crippen LogP contribution is 2.24. The van der Waals surface area contributed by atoms with E-state index in [0.717, 1.165) is 0 Å². The third kappa shape index (κ3) is 3.03. The van der Waals surface area contributed by atoms with E-state index >= 15 is 0 Å². The van der Waals surface area contributed by atoms with Crippen LogP contribution in [0.25, 0.3) is 0 Å². The highest BCUT2D eigenvalue weighted by atomic mass is 32.2. The minimum Gasteiger partial charge on any atom is -0.389 e. The maximum atomic E-state index is 12.7. The molecule has 5 nitrogen and oxygen atoms in total. The van der Waals surface area contributed by atoms with E-state index in [-0.39, 0.29) is 17.0 Å². The van der Waals surface area contributed by atoms with Crippen LogP contribution in [0.3, 0.4) is 0 Å². The fourth-order valence-electron chi connectivity index (χ4n) is 2.28. The zero-order chi connectivity index (χ0) is 14.9. The number of rotatable bonds is 3. The second-order valence-electron chi connectivity index (χ2n) is 5.32. The zero-order valence-electron chi connectivity index (χ0n) is 12.0. The molecule has 1 aliphatic heterocycles. The van der Waals surface area contributed by atoms with Gasteiger partial charge in [-0.3, -0.25) is 0 Å². The van der Waals surface area contributed by atoms with Crippen LogP contribution in [0.2, 0.25) is 0 Å². The first-order valence-electron chi connectivity index (χ1n) is 6.74. The quantitative estimate of drug-likeness (QED) is 0.919. The molecule has 2 rings (SSSR count). The fraction of sp³-hybridized carbons (Fsp3) is 0.571. The Hall–Kier alpha value is -0.950. The average molecular weight is 299 g/mol. The number of aliphatic hydroxyl groups is 1. The van der Waals surface area contributed by atoms with Crippen molar-refractivity contribution in [1.82, 2.24) is 4.31 Å². The Kier molecular flexibility index (Phi) is 4.49. The van der Waals surface area contributed by atoms with Crippen LogP contribution in [-0.2, 0) is 14.8 Å². The second-order valence-corrected chi connectivity index (χ2v) is 7.21. The molecule has 1 aromatic carbocycles. The highest BCUT2D eigenvalue weighted by Gasteiger charge is 2.34. The lowest BCUT2D eigenvalue weighted by molar-refractivity contribution is -0.0170. The Balaban J connectivity index is 2.36. The molecule has 1 aliphatic rings. The molecule has 3 atom stereocenters. The molecule has 20 heavy (non-hydrogen) atoms. The highest BCUT2D eigenvalue weighted by molar-refractivity contribution is 7.89. The third-order valence-corrected chi connectivity index (χ3v) is 5.47. The molecule has 1 heterocycles. The van der Waals surface area contributed by atoms with E-state index in [0.29, 0.717) is 18.7 Å². The summed E-state index contributed by atoms with van der Waals surface area (Å²) in [6.07, 6.45) is -0.799. The van der Waals surface area contributed by atoms with Crippen molar-refractivity contribution in [3.63, 3.8) is 0 Å². The van der Waals surface area contributed by atoms with Gasteiger partial charge in [-0.15, -0.1) is 0 Å². The average Bonchev–Trinajstić information content (AvgIpc) is 2.41. The molecule has 112 valence electrons. The molecule has 0 spiro atoms. The van der Waals surface area contributed by atoms with Crippen molar-refractivity contribution in [2.75, 3.05) is 13.2 Å². The van der Waals surface area contributed by atoms with E-state index in [4.69, 9.17) is 4.74 Å². The number of morpholine rings is 1. The van der Waals surface area contributed by atoms with E-state index in [1.807, 2.05) is 13.8 Å². The molecule has 6 heteroatoms. The fourth-order valence-corrected chi connectivity index (χ4v) is 4.03. The summed E-state index contributed by atoms with van der Waals surface area (Å²) >= 11 is 0. The lowest BCUT2D eigenvalue weighted by Gasteiger charge is -2.35. The molecule has 0 aliphatic carbocycles. The molecule has 0 saturated carbocycles. The van der Waals surface area contributed by atoms with Crippen molar-refractivity contribution in [2.24, 2.45) is 0 Å². The molecule has 0 bridgehead atoms. The molecular formula is C14H21NO4S. The Morgan fingerprint density at radius 1 is 1.40 bits per heavy atom. The second kappa shape index (κ2) is 5.81. The minimum absolute atomic E-state index is 0.110. The summed E-state index contributed by atoms with van der Waals surface area (Å²) in [4.78, 5) is 0.219. The van der Waals surface area contributed by atoms with Crippen LogP contribution in [-0.4, -0.2) is 43.1 Å². The maximum Gasteiger partial charge on any atom is 0.243 e. The van der Waals surface area contributed by atoms with Crippen LogP contribution in [0.15, 0.2) is 29.2 Å². The van der Waals surface area contributed by atoms with Crippen LogP contribution in [0.4, 0.5) is 0 Å². The monoisotopic (exact) mass is 299 g/mol. The lowest BCUT2D eigenvalue weighted by atomic mass is 10.1.